The minimum atomic E-state index is -0.522. The number of rotatable bonds is 3. The average Bonchev–Trinajstić information content (AvgIpc) is 2.86. The predicted octanol–water partition coefficient (Wildman–Crippen LogP) is 0.206. The molecule has 1 aromatic carbocycles. The fourth-order valence-electron chi connectivity index (χ4n) is 2.20. The largest absolute Gasteiger partial charge is 0.366 e. The highest BCUT2D eigenvalue weighted by Gasteiger charge is 2.26. The summed E-state index contributed by atoms with van der Waals surface area (Å²) in [5.41, 5.74) is 11.7. The van der Waals surface area contributed by atoms with Gasteiger partial charge in [0.05, 0.1) is 0 Å². The number of nitrogens with zero attached hydrogens (tertiary/aromatic N) is 1. The Morgan fingerprint density at radius 3 is 2.67 bits per heavy atom. The molecule has 5 heteroatoms. The molecule has 2 rings (SSSR count). The number of nitrogens with two attached hydrogens (primary N) is 2. The van der Waals surface area contributed by atoms with Crippen LogP contribution in [0.25, 0.3) is 0 Å². The molecule has 0 bridgehead atoms. The zero-order valence-electron chi connectivity index (χ0n) is 10.1. The number of amides is 2. The van der Waals surface area contributed by atoms with Crippen LogP contribution in [0.4, 0.5) is 0 Å². The quantitative estimate of drug-likeness (QED) is 0.800. The first-order valence-electron chi connectivity index (χ1n) is 6.01. The molecule has 18 heavy (non-hydrogen) atoms. The highest BCUT2D eigenvalue weighted by molar-refractivity contribution is 5.99. The van der Waals surface area contributed by atoms with Crippen molar-refractivity contribution in [2.24, 2.45) is 17.4 Å². The standard InChI is InChI=1S/C13H17N3O2/c14-7-9-4-5-16(8-9)13(18)11-3-1-2-10(6-11)12(15)17/h1-3,6,9H,4-5,7-8,14H2,(H2,15,17). The summed E-state index contributed by atoms with van der Waals surface area (Å²) in [5, 5.41) is 0. The van der Waals surface area contributed by atoms with Crippen molar-refractivity contribution in [3.05, 3.63) is 35.4 Å². The van der Waals surface area contributed by atoms with Crippen LogP contribution in [0, 0.1) is 5.92 Å². The summed E-state index contributed by atoms with van der Waals surface area (Å²) in [6, 6.07) is 6.51. The van der Waals surface area contributed by atoms with Crippen molar-refractivity contribution >= 4 is 11.8 Å². The third kappa shape index (κ3) is 2.51. The summed E-state index contributed by atoms with van der Waals surface area (Å²) < 4.78 is 0. The summed E-state index contributed by atoms with van der Waals surface area (Å²) >= 11 is 0. The van der Waals surface area contributed by atoms with Crippen molar-refractivity contribution in [1.29, 1.82) is 0 Å². The van der Waals surface area contributed by atoms with Gasteiger partial charge in [-0.1, -0.05) is 6.07 Å². The lowest BCUT2D eigenvalue weighted by Gasteiger charge is -2.16. The van der Waals surface area contributed by atoms with Crippen LogP contribution in [0.5, 0.6) is 0 Å². The Morgan fingerprint density at radius 2 is 2.06 bits per heavy atom. The Bertz CT molecular complexity index is 473. The van der Waals surface area contributed by atoms with Crippen molar-refractivity contribution < 1.29 is 9.59 Å². The van der Waals surface area contributed by atoms with E-state index in [-0.39, 0.29) is 5.91 Å². The van der Waals surface area contributed by atoms with Crippen molar-refractivity contribution in [3.63, 3.8) is 0 Å². The lowest BCUT2D eigenvalue weighted by molar-refractivity contribution is 0.0787. The predicted molar refractivity (Wildman–Crippen MR) is 68.0 cm³/mol. The molecule has 1 unspecified atom stereocenters. The molecule has 4 N–H and O–H groups in total. The van der Waals surface area contributed by atoms with Crippen LogP contribution in [0.15, 0.2) is 24.3 Å². The van der Waals surface area contributed by atoms with Gasteiger partial charge in [0.2, 0.25) is 5.91 Å². The van der Waals surface area contributed by atoms with Gasteiger partial charge < -0.3 is 16.4 Å². The van der Waals surface area contributed by atoms with E-state index < -0.39 is 5.91 Å². The zero-order valence-corrected chi connectivity index (χ0v) is 10.1. The molecular formula is C13H17N3O2. The van der Waals surface area contributed by atoms with Crippen LogP contribution >= 0.6 is 0 Å². The summed E-state index contributed by atoms with van der Waals surface area (Å²) in [4.78, 5) is 25.1. The van der Waals surface area contributed by atoms with E-state index in [1.165, 1.54) is 0 Å². The van der Waals surface area contributed by atoms with Crippen molar-refractivity contribution in [3.8, 4) is 0 Å². The van der Waals surface area contributed by atoms with E-state index in [4.69, 9.17) is 11.5 Å². The first kappa shape index (κ1) is 12.6. The molecule has 0 radical (unpaired) electrons. The highest BCUT2D eigenvalue weighted by atomic mass is 16.2. The van der Waals surface area contributed by atoms with Gasteiger partial charge >= 0.3 is 0 Å². The van der Waals surface area contributed by atoms with Crippen molar-refractivity contribution in [1.82, 2.24) is 4.90 Å². The van der Waals surface area contributed by atoms with E-state index in [1.807, 2.05) is 0 Å². The molecule has 96 valence electrons. The van der Waals surface area contributed by atoms with E-state index in [0.717, 1.165) is 13.0 Å². The van der Waals surface area contributed by atoms with Crippen LogP contribution in [-0.2, 0) is 0 Å². The topological polar surface area (TPSA) is 89.4 Å². The molecule has 1 atom stereocenters. The molecule has 1 aliphatic heterocycles. The summed E-state index contributed by atoms with van der Waals surface area (Å²) in [6.45, 7) is 2.02. The van der Waals surface area contributed by atoms with Gasteiger partial charge in [-0.2, -0.15) is 0 Å². The number of carbonyl (C=O) groups excluding carboxylic acids is 2. The van der Waals surface area contributed by atoms with Crippen molar-refractivity contribution in [2.75, 3.05) is 19.6 Å². The fraction of sp³-hybridized carbons (Fsp3) is 0.385. The fourth-order valence-corrected chi connectivity index (χ4v) is 2.20. The SMILES string of the molecule is NCC1CCN(C(=O)c2cccc(C(N)=O)c2)C1. The monoisotopic (exact) mass is 247 g/mol. The van der Waals surface area contributed by atoms with Crippen LogP contribution in [0.1, 0.15) is 27.1 Å². The second-order valence-electron chi connectivity index (χ2n) is 4.59. The number of likely N-dealkylation sites (tertiary alicyclic amines) is 1. The lowest BCUT2D eigenvalue weighted by atomic mass is 10.1. The Labute approximate surface area is 106 Å². The third-order valence-corrected chi connectivity index (χ3v) is 3.30. The van der Waals surface area contributed by atoms with Gasteiger partial charge in [0.25, 0.3) is 5.91 Å². The second-order valence-corrected chi connectivity index (χ2v) is 4.59. The molecule has 1 aliphatic rings. The van der Waals surface area contributed by atoms with Crippen molar-refractivity contribution in [2.45, 2.75) is 6.42 Å². The Hall–Kier alpha value is -1.88. The normalized spacial score (nSPS) is 18.9. The maximum Gasteiger partial charge on any atom is 0.253 e. The molecule has 1 aromatic rings. The molecule has 1 fully saturated rings. The number of carbonyl (C=O) groups is 2. The number of hydrogen-bond acceptors (Lipinski definition) is 3. The summed E-state index contributed by atoms with van der Waals surface area (Å²) in [7, 11) is 0. The van der Waals surface area contributed by atoms with Gasteiger partial charge in [-0.15, -0.1) is 0 Å². The van der Waals surface area contributed by atoms with Crippen LogP contribution in [0.3, 0.4) is 0 Å². The van der Waals surface area contributed by atoms with E-state index >= 15 is 0 Å². The Morgan fingerprint density at radius 1 is 1.33 bits per heavy atom. The number of primary amides is 1. The molecule has 5 nitrogen and oxygen atoms in total. The van der Waals surface area contributed by atoms with E-state index in [1.54, 1.807) is 29.2 Å². The van der Waals surface area contributed by atoms with Gasteiger partial charge in [0.1, 0.15) is 0 Å². The Kier molecular flexibility index (Phi) is 3.62. The maximum atomic E-state index is 12.2. The number of hydrogen-bond donors (Lipinski definition) is 2. The molecule has 0 aliphatic carbocycles. The smallest absolute Gasteiger partial charge is 0.253 e. The van der Waals surface area contributed by atoms with Gasteiger partial charge in [-0.05, 0) is 37.1 Å². The number of benzene rings is 1. The zero-order chi connectivity index (χ0) is 13.1. The first-order valence-corrected chi connectivity index (χ1v) is 6.01. The first-order chi connectivity index (χ1) is 8.61. The Balaban J connectivity index is 2.14. The molecular weight excluding hydrogens is 230 g/mol. The summed E-state index contributed by atoms with van der Waals surface area (Å²) in [6.07, 6.45) is 0.942. The molecule has 1 saturated heterocycles. The molecule has 2 amide bonds. The van der Waals surface area contributed by atoms with Crippen LogP contribution in [0.2, 0.25) is 0 Å². The van der Waals surface area contributed by atoms with E-state index in [9.17, 15) is 9.59 Å². The maximum absolute atomic E-state index is 12.2. The van der Waals surface area contributed by atoms with Gasteiger partial charge in [-0.3, -0.25) is 9.59 Å². The highest BCUT2D eigenvalue weighted by Crippen LogP contribution is 2.18. The van der Waals surface area contributed by atoms with Crippen LogP contribution < -0.4 is 11.5 Å². The lowest BCUT2D eigenvalue weighted by Crippen LogP contribution is -2.30. The third-order valence-electron chi connectivity index (χ3n) is 3.30. The van der Waals surface area contributed by atoms with Gasteiger partial charge in [0, 0.05) is 24.2 Å². The molecule has 0 saturated carbocycles. The minimum absolute atomic E-state index is 0.0611. The average molecular weight is 247 g/mol. The molecule has 1 heterocycles. The molecule has 0 spiro atoms. The molecule has 0 aromatic heterocycles. The van der Waals surface area contributed by atoms with E-state index in [0.29, 0.717) is 30.1 Å². The van der Waals surface area contributed by atoms with Crippen LogP contribution in [-0.4, -0.2) is 36.3 Å². The van der Waals surface area contributed by atoms with Gasteiger partial charge in [0.15, 0.2) is 0 Å². The van der Waals surface area contributed by atoms with Gasteiger partial charge in [-0.25, -0.2) is 0 Å². The van der Waals surface area contributed by atoms with E-state index in [2.05, 4.69) is 0 Å². The summed E-state index contributed by atoms with van der Waals surface area (Å²) in [5.74, 6) is -0.201. The second kappa shape index (κ2) is 5.18. The minimum Gasteiger partial charge on any atom is -0.366 e.